The van der Waals surface area contributed by atoms with Gasteiger partial charge in [-0.1, -0.05) is 12.1 Å². The quantitative estimate of drug-likeness (QED) is 0.607. The summed E-state index contributed by atoms with van der Waals surface area (Å²) in [6.07, 6.45) is 1.14. The molecule has 1 aromatic carbocycles. The second-order valence-electron chi connectivity index (χ2n) is 7.48. The number of carbonyl (C=O) groups is 1. The Labute approximate surface area is 179 Å². The molecule has 6 nitrogen and oxygen atoms in total. The van der Waals surface area contributed by atoms with Crippen molar-refractivity contribution in [1.82, 2.24) is 15.0 Å². The predicted octanol–water partition coefficient (Wildman–Crippen LogP) is 4.43. The van der Waals surface area contributed by atoms with Gasteiger partial charge in [0.05, 0.1) is 18.0 Å². The van der Waals surface area contributed by atoms with E-state index in [1.165, 1.54) is 6.07 Å². The van der Waals surface area contributed by atoms with Crippen LogP contribution in [0.3, 0.4) is 0 Å². The van der Waals surface area contributed by atoms with Crippen LogP contribution >= 0.6 is 0 Å². The summed E-state index contributed by atoms with van der Waals surface area (Å²) in [6.45, 7) is 0. The van der Waals surface area contributed by atoms with Crippen LogP contribution < -0.4 is 10.2 Å². The van der Waals surface area contributed by atoms with Crippen molar-refractivity contribution in [1.29, 1.82) is 0 Å². The molecule has 2 atom stereocenters. The Hall–Kier alpha value is -3.82. The lowest BCUT2D eigenvalue weighted by molar-refractivity contribution is -0.137. The molecule has 1 saturated heterocycles. The molecule has 0 spiro atoms. The zero-order valence-corrected chi connectivity index (χ0v) is 16.3. The number of hydrogen-bond donors (Lipinski definition) is 1. The van der Waals surface area contributed by atoms with Crippen molar-refractivity contribution in [2.45, 2.75) is 18.6 Å². The number of nitrogens with zero attached hydrogens (tertiary/aromatic N) is 4. The van der Waals surface area contributed by atoms with E-state index < -0.39 is 23.6 Å². The molecule has 1 aliphatic carbocycles. The molecule has 0 bridgehead atoms. The molecule has 1 amide bonds. The minimum atomic E-state index is -4.68. The van der Waals surface area contributed by atoms with Crippen LogP contribution in [0.1, 0.15) is 12.0 Å². The number of benzene rings is 1. The fourth-order valence-corrected chi connectivity index (χ4v) is 3.88. The lowest BCUT2D eigenvalue weighted by atomic mass is 10.0. The highest BCUT2D eigenvalue weighted by molar-refractivity contribution is 5.99. The SMILES string of the molecule is O=C(Nc1ccc(C(F)(F)F)c(-c2ncc(F)cn2)c1)[C@H]1CC2C=C2N1c1ccccn1. The first-order valence-corrected chi connectivity index (χ1v) is 9.73. The third-order valence-electron chi connectivity index (χ3n) is 5.36. The highest BCUT2D eigenvalue weighted by Crippen LogP contribution is 2.47. The molecule has 3 heterocycles. The molecule has 2 aromatic heterocycles. The summed E-state index contributed by atoms with van der Waals surface area (Å²) in [5.41, 5.74) is -0.170. The van der Waals surface area contributed by atoms with Gasteiger partial charge in [0.1, 0.15) is 11.9 Å². The number of halogens is 4. The highest BCUT2D eigenvalue weighted by Gasteiger charge is 2.47. The zero-order valence-electron chi connectivity index (χ0n) is 16.3. The van der Waals surface area contributed by atoms with Gasteiger partial charge in [0, 0.05) is 29.1 Å². The molecular weight excluding hydrogens is 426 g/mol. The average molecular weight is 441 g/mol. The topological polar surface area (TPSA) is 71.0 Å². The van der Waals surface area contributed by atoms with E-state index in [1.807, 2.05) is 17.0 Å². The van der Waals surface area contributed by atoms with Crippen LogP contribution in [0.5, 0.6) is 0 Å². The first kappa shape index (κ1) is 20.1. The summed E-state index contributed by atoms with van der Waals surface area (Å²) in [5, 5.41) is 2.69. The number of carbonyl (C=O) groups excluding carboxylic acids is 1. The predicted molar refractivity (Wildman–Crippen MR) is 108 cm³/mol. The lowest BCUT2D eigenvalue weighted by Crippen LogP contribution is -2.39. The number of anilines is 2. The smallest absolute Gasteiger partial charge is 0.324 e. The van der Waals surface area contributed by atoms with Crippen molar-refractivity contribution in [2.24, 2.45) is 5.92 Å². The van der Waals surface area contributed by atoms with Crippen LogP contribution in [0.4, 0.5) is 29.1 Å². The fourth-order valence-electron chi connectivity index (χ4n) is 3.88. The summed E-state index contributed by atoms with van der Waals surface area (Å²) >= 11 is 0. The maximum Gasteiger partial charge on any atom is 0.417 e. The maximum atomic E-state index is 13.5. The minimum Gasteiger partial charge on any atom is -0.324 e. The third-order valence-corrected chi connectivity index (χ3v) is 5.36. The van der Waals surface area contributed by atoms with E-state index in [4.69, 9.17) is 0 Å². The van der Waals surface area contributed by atoms with E-state index in [0.717, 1.165) is 30.2 Å². The largest absolute Gasteiger partial charge is 0.417 e. The van der Waals surface area contributed by atoms with Gasteiger partial charge in [0.2, 0.25) is 5.91 Å². The molecule has 1 unspecified atom stereocenters. The molecule has 1 aliphatic heterocycles. The van der Waals surface area contributed by atoms with E-state index in [2.05, 4.69) is 20.3 Å². The number of aromatic nitrogens is 3. The monoisotopic (exact) mass is 441 g/mol. The van der Waals surface area contributed by atoms with Crippen molar-refractivity contribution in [3.8, 4) is 11.4 Å². The van der Waals surface area contributed by atoms with Crippen LogP contribution in [0, 0.1) is 11.7 Å². The maximum absolute atomic E-state index is 13.5. The highest BCUT2D eigenvalue weighted by atomic mass is 19.4. The fraction of sp³-hybridized carbons (Fsp3) is 0.182. The first-order chi connectivity index (χ1) is 15.3. The molecule has 3 aromatic rings. The molecule has 0 saturated carbocycles. The Morgan fingerprint density at radius 2 is 1.88 bits per heavy atom. The molecule has 1 N–H and O–H groups in total. The Bertz CT molecular complexity index is 1210. The van der Waals surface area contributed by atoms with Crippen LogP contribution in [-0.2, 0) is 11.0 Å². The molecule has 1 fully saturated rings. The van der Waals surface area contributed by atoms with E-state index >= 15 is 0 Å². The van der Waals surface area contributed by atoms with Crippen molar-refractivity contribution in [2.75, 3.05) is 10.2 Å². The summed E-state index contributed by atoms with van der Waals surface area (Å²) in [5.74, 6) is -0.600. The summed E-state index contributed by atoms with van der Waals surface area (Å²) in [6, 6.07) is 8.02. The Morgan fingerprint density at radius 3 is 2.56 bits per heavy atom. The molecule has 5 rings (SSSR count). The number of fused-ring (bicyclic) bond motifs is 1. The van der Waals surface area contributed by atoms with Crippen molar-refractivity contribution >= 4 is 17.4 Å². The number of allylic oxidation sites excluding steroid dienone is 2. The van der Waals surface area contributed by atoms with Crippen molar-refractivity contribution in [3.05, 3.63) is 78.1 Å². The number of nitrogens with one attached hydrogen (secondary N) is 1. The standard InChI is InChI=1S/C22H15F4N5O/c23-13-10-28-20(29-11-13)15-9-14(4-5-16(15)22(24,25)26)30-21(32)18-8-12-7-17(12)31(18)19-3-1-2-6-27-19/h1-7,9-12,18H,8H2,(H,30,32)/t12?,18-/m1/s1. The van der Waals surface area contributed by atoms with Crippen LogP contribution in [-0.4, -0.2) is 26.9 Å². The van der Waals surface area contributed by atoms with Crippen LogP contribution in [0.25, 0.3) is 11.4 Å². The third kappa shape index (κ3) is 3.68. The molecule has 0 radical (unpaired) electrons. The Balaban J connectivity index is 1.44. The van der Waals surface area contributed by atoms with Gasteiger partial charge < -0.3 is 10.2 Å². The van der Waals surface area contributed by atoms with Crippen molar-refractivity contribution in [3.63, 3.8) is 0 Å². The first-order valence-electron chi connectivity index (χ1n) is 9.73. The molecular formula is C22H15F4N5O. The average Bonchev–Trinajstić information content (AvgIpc) is 3.43. The Kier molecular flexibility index (Phi) is 4.65. The van der Waals surface area contributed by atoms with Crippen molar-refractivity contribution < 1.29 is 22.4 Å². The molecule has 10 heteroatoms. The van der Waals surface area contributed by atoms with Crippen LogP contribution in [0.15, 0.2) is 66.8 Å². The van der Waals surface area contributed by atoms with Gasteiger partial charge in [-0.3, -0.25) is 4.79 Å². The van der Waals surface area contributed by atoms with E-state index in [9.17, 15) is 22.4 Å². The number of rotatable bonds is 4. The van der Waals surface area contributed by atoms with E-state index in [0.29, 0.717) is 12.2 Å². The number of amides is 1. The molecule has 2 aliphatic rings. The summed E-state index contributed by atoms with van der Waals surface area (Å²) < 4.78 is 53.7. The van der Waals surface area contributed by atoms with Gasteiger partial charge in [-0.2, -0.15) is 13.2 Å². The van der Waals surface area contributed by atoms with Gasteiger partial charge in [-0.15, -0.1) is 0 Å². The van der Waals surface area contributed by atoms with Gasteiger partial charge in [0.15, 0.2) is 11.6 Å². The minimum absolute atomic E-state index is 0.154. The second-order valence-corrected chi connectivity index (χ2v) is 7.48. The Morgan fingerprint density at radius 1 is 1.09 bits per heavy atom. The van der Waals surface area contributed by atoms with E-state index in [-0.39, 0.29) is 28.9 Å². The summed E-state index contributed by atoms with van der Waals surface area (Å²) in [7, 11) is 0. The van der Waals surface area contributed by atoms with Crippen LogP contribution in [0.2, 0.25) is 0 Å². The number of hydrogen-bond acceptors (Lipinski definition) is 5. The second kappa shape index (κ2) is 7.40. The van der Waals surface area contributed by atoms with Gasteiger partial charge in [-0.25, -0.2) is 19.3 Å². The molecule has 162 valence electrons. The lowest BCUT2D eigenvalue weighted by Gasteiger charge is -2.25. The van der Waals surface area contributed by atoms with E-state index in [1.54, 1.807) is 18.3 Å². The van der Waals surface area contributed by atoms with Gasteiger partial charge in [0.25, 0.3) is 0 Å². The van der Waals surface area contributed by atoms with Gasteiger partial charge >= 0.3 is 6.18 Å². The van der Waals surface area contributed by atoms with Gasteiger partial charge in [-0.05, 0) is 36.8 Å². The number of pyridine rings is 1. The number of alkyl halides is 3. The summed E-state index contributed by atoms with van der Waals surface area (Å²) in [4.78, 5) is 26.5. The molecule has 32 heavy (non-hydrogen) atoms. The normalized spacial score (nSPS) is 19.4. The zero-order chi connectivity index (χ0) is 22.5.